The van der Waals surface area contributed by atoms with Gasteiger partial charge in [-0.1, -0.05) is 64.1 Å². The van der Waals surface area contributed by atoms with Crippen molar-refractivity contribution in [2.24, 2.45) is 0 Å². The molecule has 0 heterocycles. The van der Waals surface area contributed by atoms with Gasteiger partial charge < -0.3 is 23.8 Å². The maximum absolute atomic E-state index is 13.2. The van der Waals surface area contributed by atoms with Gasteiger partial charge in [-0.15, -0.1) is 0 Å². The Morgan fingerprint density at radius 1 is 0.658 bits per heavy atom. The van der Waals surface area contributed by atoms with E-state index in [1.807, 2.05) is 31.2 Å². The number of esters is 2. The van der Waals surface area contributed by atoms with Crippen molar-refractivity contribution >= 4 is 64.0 Å². The summed E-state index contributed by atoms with van der Waals surface area (Å²) >= 11 is 24.9. The van der Waals surface area contributed by atoms with E-state index in [1.54, 1.807) is 18.7 Å². The Labute approximate surface area is 241 Å². The molecule has 0 bridgehead atoms. The van der Waals surface area contributed by atoms with Crippen molar-refractivity contribution in [1.29, 1.82) is 0 Å². The molecule has 0 saturated heterocycles. The third-order valence-corrected chi connectivity index (χ3v) is 6.83. The van der Waals surface area contributed by atoms with Crippen LogP contribution in [0.15, 0.2) is 48.5 Å². The van der Waals surface area contributed by atoms with Crippen LogP contribution < -0.4 is 14.4 Å². The number of nitrogens with zero attached hydrogens (tertiary/aromatic N) is 1. The molecule has 2 atom stereocenters. The molecular weight excluding hydrogens is 576 g/mol. The van der Waals surface area contributed by atoms with E-state index in [9.17, 15) is 9.59 Å². The molecule has 0 aliphatic heterocycles. The number of benzene rings is 3. The molecule has 0 aliphatic carbocycles. The van der Waals surface area contributed by atoms with Crippen LogP contribution in [-0.4, -0.2) is 38.6 Å². The number of carbonyl (C=O) groups excluding carboxylic acids is 2. The maximum Gasteiger partial charge on any atom is 0.345 e. The normalized spacial score (nSPS) is 12.3. The highest BCUT2D eigenvalue weighted by Crippen LogP contribution is 2.36. The molecule has 11 heteroatoms. The van der Waals surface area contributed by atoms with Crippen LogP contribution in [0.2, 0.25) is 20.1 Å². The number of hydrogen-bond acceptors (Lipinski definition) is 7. The topological polar surface area (TPSA) is 74.3 Å². The second-order valence-corrected chi connectivity index (χ2v) is 9.76. The number of aryl methyl sites for hydroxylation is 1. The average Bonchev–Trinajstić information content (AvgIpc) is 2.87. The second-order valence-electron chi connectivity index (χ2n) is 8.13. The van der Waals surface area contributed by atoms with Crippen molar-refractivity contribution in [2.45, 2.75) is 33.2 Å². The van der Waals surface area contributed by atoms with Gasteiger partial charge in [0, 0.05) is 5.69 Å². The van der Waals surface area contributed by atoms with Gasteiger partial charge in [0.25, 0.3) is 0 Å². The summed E-state index contributed by atoms with van der Waals surface area (Å²) < 4.78 is 22.1. The highest BCUT2D eigenvalue weighted by atomic mass is 35.5. The Morgan fingerprint density at radius 2 is 1.03 bits per heavy atom. The van der Waals surface area contributed by atoms with Crippen LogP contribution in [0, 0.1) is 6.92 Å². The number of methoxy groups -OCH3 is 2. The van der Waals surface area contributed by atoms with Crippen molar-refractivity contribution in [3.05, 3.63) is 85.3 Å². The Morgan fingerprint density at radius 3 is 1.39 bits per heavy atom. The Bertz CT molecular complexity index is 1250. The fourth-order valence-corrected chi connectivity index (χ4v) is 4.74. The van der Waals surface area contributed by atoms with Crippen LogP contribution in [0.5, 0.6) is 11.5 Å². The zero-order chi connectivity index (χ0) is 28.1. The van der Waals surface area contributed by atoms with E-state index in [4.69, 9.17) is 65.4 Å². The van der Waals surface area contributed by atoms with E-state index >= 15 is 0 Å². The molecule has 3 aromatic carbocycles. The summed E-state index contributed by atoms with van der Waals surface area (Å²) in [5.74, 6) is -1.39. The highest BCUT2D eigenvalue weighted by Gasteiger charge is 2.31. The van der Waals surface area contributed by atoms with Crippen LogP contribution in [0.3, 0.4) is 0 Å². The number of hydrogen-bond donors (Lipinski definition) is 0. The third-order valence-electron chi connectivity index (χ3n) is 5.60. The Kier molecular flexibility index (Phi) is 10.0. The molecule has 0 radical (unpaired) electrons. The molecule has 3 rings (SSSR count). The number of carbonyl (C=O) groups is 2. The molecule has 0 aliphatic rings. The van der Waals surface area contributed by atoms with E-state index in [0.717, 1.165) is 5.56 Å². The molecule has 202 valence electrons. The van der Waals surface area contributed by atoms with Gasteiger partial charge in [0.15, 0.2) is 24.0 Å². The van der Waals surface area contributed by atoms with Gasteiger partial charge in [0.2, 0.25) is 0 Å². The van der Waals surface area contributed by atoms with Crippen molar-refractivity contribution in [3.8, 4) is 11.5 Å². The number of halogens is 4. The molecule has 3 aromatic rings. The van der Waals surface area contributed by atoms with Gasteiger partial charge in [-0.25, -0.2) is 9.59 Å². The smallest absolute Gasteiger partial charge is 0.345 e. The van der Waals surface area contributed by atoms with Crippen LogP contribution in [-0.2, 0) is 9.47 Å². The number of ether oxygens (including phenoxy) is 4. The molecular formula is C27H25Cl4NO6. The fraction of sp³-hybridized carbons (Fsp3) is 0.259. The lowest BCUT2D eigenvalue weighted by molar-refractivity contribution is 0.00875. The third kappa shape index (κ3) is 6.41. The largest absolute Gasteiger partial charge is 0.494 e. The first-order chi connectivity index (χ1) is 18.0. The Hall–Kier alpha value is -2.84. The van der Waals surface area contributed by atoms with Crippen molar-refractivity contribution in [3.63, 3.8) is 0 Å². The summed E-state index contributed by atoms with van der Waals surface area (Å²) in [4.78, 5) is 28.0. The second kappa shape index (κ2) is 12.8. The van der Waals surface area contributed by atoms with E-state index in [-0.39, 0.29) is 42.7 Å². The van der Waals surface area contributed by atoms with E-state index < -0.39 is 24.4 Å². The predicted octanol–water partition coefficient (Wildman–Crippen LogP) is 7.84. The van der Waals surface area contributed by atoms with E-state index in [1.165, 1.54) is 38.5 Å². The summed E-state index contributed by atoms with van der Waals surface area (Å²) in [5, 5.41) is 0.600. The predicted molar refractivity (Wildman–Crippen MR) is 149 cm³/mol. The minimum atomic E-state index is -0.940. The minimum Gasteiger partial charge on any atom is -0.494 e. The first kappa shape index (κ1) is 29.7. The Balaban J connectivity index is 1.95. The minimum absolute atomic E-state index is 0.0301. The lowest BCUT2D eigenvalue weighted by Gasteiger charge is -2.35. The molecule has 0 amide bonds. The van der Waals surface area contributed by atoms with Gasteiger partial charge in [0.1, 0.15) is 11.1 Å². The molecule has 0 spiro atoms. The molecule has 0 saturated carbocycles. The first-order valence-electron chi connectivity index (χ1n) is 11.3. The monoisotopic (exact) mass is 599 g/mol. The van der Waals surface area contributed by atoms with Crippen LogP contribution >= 0.6 is 46.4 Å². The molecule has 2 unspecified atom stereocenters. The van der Waals surface area contributed by atoms with Gasteiger partial charge in [-0.2, -0.15) is 0 Å². The molecule has 7 nitrogen and oxygen atoms in total. The molecule has 0 fully saturated rings. The molecule has 38 heavy (non-hydrogen) atoms. The van der Waals surface area contributed by atoms with E-state index in [0.29, 0.717) is 5.69 Å². The first-order valence-corrected chi connectivity index (χ1v) is 12.8. The molecule has 0 aromatic heterocycles. The molecule has 0 N–H and O–H groups in total. The van der Waals surface area contributed by atoms with Gasteiger partial charge in [0.05, 0.1) is 34.3 Å². The fourth-order valence-electron chi connectivity index (χ4n) is 3.82. The van der Waals surface area contributed by atoms with Crippen molar-refractivity contribution in [1.82, 2.24) is 0 Å². The standard InChI is InChI=1S/C27H25Cl4NO6/c1-14-6-8-17(9-7-14)32(15(2)37-26(33)22-18(28)10-12-20(30)24(22)35-4)16(3)38-27(34)23-19(29)11-13-21(31)25(23)36-5/h6-13,15-16H,1-5H3. The average molecular weight is 601 g/mol. The summed E-state index contributed by atoms with van der Waals surface area (Å²) in [5.41, 5.74) is 1.56. The van der Waals surface area contributed by atoms with E-state index in [2.05, 4.69) is 0 Å². The number of rotatable bonds is 9. The lowest BCUT2D eigenvalue weighted by atomic mass is 10.2. The summed E-state index contributed by atoms with van der Waals surface area (Å²) in [7, 11) is 2.74. The summed E-state index contributed by atoms with van der Waals surface area (Å²) in [6.07, 6.45) is -1.88. The van der Waals surface area contributed by atoms with Crippen molar-refractivity contribution in [2.75, 3.05) is 19.1 Å². The van der Waals surface area contributed by atoms with Crippen LogP contribution in [0.4, 0.5) is 5.69 Å². The van der Waals surface area contributed by atoms with Crippen LogP contribution in [0.25, 0.3) is 0 Å². The van der Waals surface area contributed by atoms with Crippen LogP contribution in [0.1, 0.15) is 40.1 Å². The summed E-state index contributed by atoms with van der Waals surface area (Å²) in [6, 6.07) is 13.3. The number of anilines is 1. The van der Waals surface area contributed by atoms with Gasteiger partial charge in [-0.3, -0.25) is 0 Å². The van der Waals surface area contributed by atoms with Gasteiger partial charge >= 0.3 is 11.9 Å². The lowest BCUT2D eigenvalue weighted by Crippen LogP contribution is -2.45. The zero-order valence-electron chi connectivity index (χ0n) is 21.2. The van der Waals surface area contributed by atoms with Crippen molar-refractivity contribution < 1.29 is 28.5 Å². The SMILES string of the molecule is COc1c(Cl)ccc(Cl)c1C(=O)OC(C)N(c1ccc(C)cc1)C(C)OC(=O)c1c(Cl)ccc(Cl)c1OC. The summed E-state index contributed by atoms with van der Waals surface area (Å²) in [6.45, 7) is 5.18. The quantitative estimate of drug-likeness (QED) is 0.183. The van der Waals surface area contributed by atoms with Gasteiger partial charge in [-0.05, 0) is 57.2 Å². The maximum atomic E-state index is 13.2. The highest BCUT2D eigenvalue weighted by molar-refractivity contribution is 6.37. The zero-order valence-corrected chi connectivity index (χ0v) is 24.2.